The number of amides is 2. The molecule has 2 aliphatic rings. The van der Waals surface area contributed by atoms with E-state index in [2.05, 4.69) is 4.90 Å². The zero-order chi connectivity index (χ0) is 29.1. The number of carbonyl (C=O) groups excluding carboxylic acids is 2. The minimum Gasteiger partial charge on any atom is -0.482 e. The summed E-state index contributed by atoms with van der Waals surface area (Å²) in [6, 6.07) is 16.8. The van der Waals surface area contributed by atoms with Crippen molar-refractivity contribution in [1.82, 2.24) is 9.80 Å². The van der Waals surface area contributed by atoms with E-state index in [0.717, 1.165) is 24.2 Å². The molecule has 214 valence electrons. The zero-order valence-corrected chi connectivity index (χ0v) is 23.8. The van der Waals surface area contributed by atoms with Gasteiger partial charge in [-0.3, -0.25) is 29.5 Å². The van der Waals surface area contributed by atoms with E-state index in [1.165, 1.54) is 29.2 Å². The van der Waals surface area contributed by atoms with Crippen LogP contribution in [0.2, 0.25) is 10.0 Å². The highest BCUT2D eigenvalue weighted by Crippen LogP contribution is 2.39. The number of carbonyl (C=O) groups is 2. The van der Waals surface area contributed by atoms with Crippen molar-refractivity contribution < 1.29 is 24.0 Å². The number of rotatable bonds is 8. The van der Waals surface area contributed by atoms with Gasteiger partial charge in [0.05, 0.1) is 39.9 Å². The van der Waals surface area contributed by atoms with Crippen molar-refractivity contribution >= 4 is 46.4 Å². The number of fused-ring (bicyclic) bond motifs is 1. The Balaban J connectivity index is 1.44. The van der Waals surface area contributed by atoms with Gasteiger partial charge in [0.1, 0.15) is 12.3 Å². The molecule has 2 amide bonds. The van der Waals surface area contributed by atoms with Gasteiger partial charge in [-0.25, -0.2) is 0 Å². The van der Waals surface area contributed by atoms with Crippen LogP contribution in [0.5, 0.6) is 5.75 Å². The number of ether oxygens (including phenoxy) is 2. The molecule has 3 aromatic carbocycles. The molecule has 0 bridgehead atoms. The van der Waals surface area contributed by atoms with Crippen molar-refractivity contribution in [2.75, 3.05) is 57.9 Å². The lowest BCUT2D eigenvalue weighted by Gasteiger charge is -2.37. The standard InChI is InChI=1S/C29H28Cl2N4O6/c1-32(28(36)17-34-25-14-23(30)24(31)15-27(25)41-18-29(34)37)26(16-33-8-10-40-11-9-33)21-6-2-4-19(12-21)20-5-3-7-22(13-20)35(38)39/h2-7,12-15,26H,8-11,16-18H2,1H3. The molecule has 0 aliphatic carbocycles. The van der Waals surface area contributed by atoms with Gasteiger partial charge < -0.3 is 14.4 Å². The molecule has 2 heterocycles. The molecule has 1 saturated heterocycles. The van der Waals surface area contributed by atoms with E-state index in [-0.39, 0.29) is 46.7 Å². The lowest BCUT2D eigenvalue weighted by molar-refractivity contribution is -0.384. The molecule has 1 atom stereocenters. The minimum absolute atomic E-state index is 0.00177. The minimum atomic E-state index is -0.423. The number of nitrogens with zero attached hydrogens (tertiary/aromatic N) is 4. The summed E-state index contributed by atoms with van der Waals surface area (Å²) in [4.78, 5) is 42.7. The van der Waals surface area contributed by atoms with E-state index in [1.807, 2.05) is 30.3 Å². The number of morpholine rings is 1. The second kappa shape index (κ2) is 12.4. The highest BCUT2D eigenvalue weighted by Gasteiger charge is 2.32. The van der Waals surface area contributed by atoms with E-state index in [9.17, 15) is 19.7 Å². The number of anilines is 1. The highest BCUT2D eigenvalue weighted by molar-refractivity contribution is 6.42. The summed E-state index contributed by atoms with van der Waals surface area (Å²) in [5.74, 6) is -0.268. The number of benzene rings is 3. The van der Waals surface area contributed by atoms with Crippen LogP contribution < -0.4 is 9.64 Å². The predicted molar refractivity (Wildman–Crippen MR) is 156 cm³/mol. The summed E-state index contributed by atoms with van der Waals surface area (Å²) in [6.07, 6.45) is 0. The number of hydrogen-bond acceptors (Lipinski definition) is 7. The van der Waals surface area contributed by atoms with Crippen LogP contribution in [-0.2, 0) is 14.3 Å². The van der Waals surface area contributed by atoms with Gasteiger partial charge in [0.25, 0.3) is 11.6 Å². The Hall–Kier alpha value is -3.70. The molecule has 0 spiro atoms. The molecule has 0 aromatic heterocycles. The number of nitro groups is 1. The maximum Gasteiger partial charge on any atom is 0.270 e. The Morgan fingerprint density at radius 2 is 1.73 bits per heavy atom. The second-order valence-electron chi connectivity index (χ2n) is 9.87. The van der Waals surface area contributed by atoms with Crippen LogP contribution in [0, 0.1) is 10.1 Å². The van der Waals surface area contributed by atoms with Gasteiger partial charge in [0, 0.05) is 44.9 Å². The number of non-ortho nitro benzene ring substituents is 1. The molecule has 1 fully saturated rings. The van der Waals surface area contributed by atoms with Gasteiger partial charge in [0.15, 0.2) is 6.61 Å². The van der Waals surface area contributed by atoms with Gasteiger partial charge in [0.2, 0.25) is 5.91 Å². The monoisotopic (exact) mass is 598 g/mol. The van der Waals surface area contributed by atoms with Crippen LogP contribution in [0.15, 0.2) is 60.7 Å². The maximum atomic E-state index is 13.8. The van der Waals surface area contributed by atoms with Crippen LogP contribution in [0.4, 0.5) is 11.4 Å². The fourth-order valence-electron chi connectivity index (χ4n) is 4.99. The summed E-state index contributed by atoms with van der Waals surface area (Å²) in [5, 5.41) is 11.9. The topological polar surface area (TPSA) is 105 Å². The smallest absolute Gasteiger partial charge is 0.270 e. The van der Waals surface area contributed by atoms with Gasteiger partial charge in [-0.05, 0) is 28.8 Å². The maximum absolute atomic E-state index is 13.8. The van der Waals surface area contributed by atoms with Crippen molar-refractivity contribution in [2.24, 2.45) is 0 Å². The van der Waals surface area contributed by atoms with Crippen molar-refractivity contribution in [3.05, 3.63) is 86.4 Å². The van der Waals surface area contributed by atoms with Crippen molar-refractivity contribution in [1.29, 1.82) is 0 Å². The molecule has 3 aromatic rings. The zero-order valence-electron chi connectivity index (χ0n) is 22.3. The summed E-state index contributed by atoms with van der Waals surface area (Å²) < 4.78 is 11.0. The average molecular weight is 599 g/mol. The predicted octanol–water partition coefficient (Wildman–Crippen LogP) is 4.83. The molecule has 0 N–H and O–H groups in total. The number of nitro benzene ring substituents is 1. The lowest BCUT2D eigenvalue weighted by Crippen LogP contribution is -2.48. The third kappa shape index (κ3) is 6.46. The molecule has 1 unspecified atom stereocenters. The SMILES string of the molecule is CN(C(=O)CN1C(=O)COc2cc(Cl)c(Cl)cc21)C(CN1CCOCC1)c1cccc(-c2cccc([N+](=O)[O-])c2)c1. The fourth-order valence-corrected chi connectivity index (χ4v) is 5.31. The third-order valence-electron chi connectivity index (χ3n) is 7.30. The molecule has 12 heteroatoms. The van der Waals surface area contributed by atoms with Gasteiger partial charge >= 0.3 is 0 Å². The van der Waals surface area contributed by atoms with Gasteiger partial charge in [-0.2, -0.15) is 0 Å². The van der Waals surface area contributed by atoms with Crippen LogP contribution in [0.3, 0.4) is 0 Å². The number of likely N-dealkylation sites (N-methyl/N-ethyl adjacent to an activating group) is 1. The average Bonchev–Trinajstić information content (AvgIpc) is 2.98. The molecular weight excluding hydrogens is 571 g/mol. The summed E-state index contributed by atoms with van der Waals surface area (Å²) >= 11 is 12.3. The largest absolute Gasteiger partial charge is 0.482 e. The van der Waals surface area contributed by atoms with Gasteiger partial charge in [-0.1, -0.05) is 53.5 Å². The molecular formula is C29H28Cl2N4O6. The van der Waals surface area contributed by atoms with Crippen LogP contribution in [0.25, 0.3) is 11.1 Å². The van der Waals surface area contributed by atoms with Gasteiger partial charge in [-0.15, -0.1) is 0 Å². The molecule has 0 radical (unpaired) electrons. The first-order valence-electron chi connectivity index (χ1n) is 13.0. The number of hydrogen-bond donors (Lipinski definition) is 0. The highest BCUT2D eigenvalue weighted by atomic mass is 35.5. The van der Waals surface area contributed by atoms with Crippen LogP contribution in [-0.4, -0.2) is 79.6 Å². The van der Waals surface area contributed by atoms with Crippen molar-refractivity contribution in [3.8, 4) is 16.9 Å². The first-order valence-corrected chi connectivity index (χ1v) is 13.8. The third-order valence-corrected chi connectivity index (χ3v) is 8.02. The normalized spacial score (nSPS) is 16.1. The Morgan fingerprint density at radius 3 is 2.46 bits per heavy atom. The Labute approximate surface area is 247 Å². The van der Waals surface area contributed by atoms with Crippen molar-refractivity contribution in [2.45, 2.75) is 6.04 Å². The Kier molecular flexibility index (Phi) is 8.74. The summed E-state index contributed by atoms with van der Waals surface area (Å²) in [5.41, 5.74) is 2.74. The van der Waals surface area contributed by atoms with E-state index >= 15 is 0 Å². The molecule has 10 nitrogen and oxygen atoms in total. The first-order chi connectivity index (χ1) is 19.7. The lowest BCUT2D eigenvalue weighted by atomic mass is 9.98. The molecule has 0 saturated carbocycles. The second-order valence-corrected chi connectivity index (χ2v) is 10.7. The fraction of sp³-hybridized carbons (Fsp3) is 0.310. The van der Waals surface area contributed by atoms with Crippen LogP contribution >= 0.6 is 23.2 Å². The summed E-state index contributed by atoms with van der Waals surface area (Å²) in [7, 11) is 1.72. The molecule has 41 heavy (non-hydrogen) atoms. The quantitative estimate of drug-likeness (QED) is 0.270. The Morgan fingerprint density at radius 1 is 1.05 bits per heavy atom. The number of halogens is 2. The van der Waals surface area contributed by atoms with E-state index in [4.69, 9.17) is 32.7 Å². The van der Waals surface area contributed by atoms with Crippen molar-refractivity contribution in [3.63, 3.8) is 0 Å². The van der Waals surface area contributed by atoms with E-state index < -0.39 is 4.92 Å². The van der Waals surface area contributed by atoms with E-state index in [1.54, 1.807) is 18.0 Å². The molecule has 5 rings (SSSR count). The first kappa shape index (κ1) is 28.8. The Bertz CT molecular complexity index is 1480. The van der Waals surface area contributed by atoms with E-state index in [0.29, 0.717) is 36.8 Å². The summed E-state index contributed by atoms with van der Waals surface area (Å²) in [6.45, 7) is 2.74. The van der Waals surface area contributed by atoms with Crippen LogP contribution in [0.1, 0.15) is 11.6 Å². The molecule has 2 aliphatic heterocycles.